The van der Waals surface area contributed by atoms with Crippen molar-refractivity contribution in [3.63, 3.8) is 0 Å². The Bertz CT molecular complexity index is 827. The summed E-state index contributed by atoms with van der Waals surface area (Å²) in [5.74, 6) is -0.456. The molecule has 0 aromatic rings. The predicted octanol–water partition coefficient (Wildman–Crippen LogP) is 9.19. The molecule has 0 aliphatic heterocycles. The van der Waals surface area contributed by atoms with Crippen LogP contribution in [-0.4, -0.2) is 59.0 Å². The van der Waals surface area contributed by atoms with Crippen LogP contribution < -0.4 is 11.1 Å². The second-order valence-electron chi connectivity index (χ2n) is 13.3. The first-order valence-corrected chi connectivity index (χ1v) is 21.0. The van der Waals surface area contributed by atoms with Gasteiger partial charge in [0.1, 0.15) is 0 Å². The van der Waals surface area contributed by atoms with Crippen LogP contribution in [0.2, 0.25) is 0 Å². The Morgan fingerprint density at radius 1 is 0.708 bits per heavy atom. The van der Waals surface area contributed by atoms with Gasteiger partial charge in [-0.3, -0.25) is 13.8 Å². The van der Waals surface area contributed by atoms with Gasteiger partial charge in [-0.2, -0.15) is 0 Å². The van der Waals surface area contributed by atoms with Gasteiger partial charge in [0.25, 0.3) is 0 Å². The maximum atomic E-state index is 12.7. The third-order valence-electron chi connectivity index (χ3n) is 8.58. The highest BCUT2D eigenvalue weighted by molar-refractivity contribution is 7.47. The van der Waals surface area contributed by atoms with Crippen LogP contribution in [0.25, 0.3) is 0 Å². The van der Waals surface area contributed by atoms with Crippen LogP contribution in [0.15, 0.2) is 24.3 Å². The average Bonchev–Trinajstić information content (AvgIpc) is 3.06. The number of aliphatic hydroxyl groups is 2. The summed E-state index contributed by atoms with van der Waals surface area (Å²) in [5.41, 5.74) is 5.34. The number of nitrogens with two attached hydrogens (primary N) is 1. The molecule has 0 heterocycles. The summed E-state index contributed by atoms with van der Waals surface area (Å²) in [7, 11) is -4.40. The Hall–Kier alpha value is -1.06. The minimum Gasteiger partial charge on any atom is -0.393 e. The molecule has 6 N–H and O–H groups in total. The molecule has 284 valence electrons. The summed E-state index contributed by atoms with van der Waals surface area (Å²) in [4.78, 5) is 22.6. The van der Waals surface area contributed by atoms with E-state index in [1.165, 1.54) is 109 Å². The highest BCUT2D eigenvalue weighted by atomic mass is 31.2. The van der Waals surface area contributed by atoms with E-state index in [0.29, 0.717) is 12.8 Å². The number of carbonyl (C=O) groups excluding carboxylic acids is 1. The van der Waals surface area contributed by atoms with Gasteiger partial charge in [0, 0.05) is 6.54 Å². The zero-order valence-electron chi connectivity index (χ0n) is 30.8. The second kappa shape index (κ2) is 34.4. The van der Waals surface area contributed by atoms with E-state index in [1.807, 2.05) is 6.08 Å². The van der Waals surface area contributed by atoms with E-state index in [-0.39, 0.29) is 19.6 Å². The Kier molecular flexibility index (Phi) is 33.6. The van der Waals surface area contributed by atoms with E-state index in [4.69, 9.17) is 14.8 Å². The topological polar surface area (TPSA) is 151 Å². The number of phosphoric ester groups is 1. The number of carbonyl (C=O) groups is 1. The SMILES string of the molecule is CCCCCCCC/C=C/CC/C=C/C(O)C(COP(=O)(O)OCCN)NC(=O)CC(O)CCCCCCCCCCCCCCCC. The molecule has 0 aliphatic rings. The van der Waals surface area contributed by atoms with Gasteiger partial charge in [-0.05, 0) is 32.1 Å². The lowest BCUT2D eigenvalue weighted by atomic mass is 10.0. The molecular weight excluding hydrogens is 627 g/mol. The van der Waals surface area contributed by atoms with Gasteiger partial charge >= 0.3 is 7.82 Å². The van der Waals surface area contributed by atoms with Gasteiger partial charge < -0.3 is 26.2 Å². The molecule has 0 aromatic carbocycles. The fourth-order valence-electron chi connectivity index (χ4n) is 5.60. The lowest BCUT2D eigenvalue weighted by Crippen LogP contribution is -2.46. The fourth-order valence-corrected chi connectivity index (χ4v) is 6.36. The molecule has 48 heavy (non-hydrogen) atoms. The first kappa shape index (κ1) is 46.9. The van der Waals surface area contributed by atoms with E-state index >= 15 is 0 Å². The average molecular weight is 703 g/mol. The predicted molar refractivity (Wildman–Crippen MR) is 200 cm³/mol. The van der Waals surface area contributed by atoms with Crippen LogP contribution in [0, 0.1) is 0 Å². The molecule has 0 radical (unpaired) electrons. The minimum absolute atomic E-state index is 0.0457. The van der Waals surface area contributed by atoms with Crippen molar-refractivity contribution in [2.75, 3.05) is 19.8 Å². The molecule has 1 amide bonds. The normalized spacial score (nSPS) is 15.2. The van der Waals surface area contributed by atoms with Gasteiger partial charge in [-0.1, -0.05) is 160 Å². The summed E-state index contributed by atoms with van der Waals surface area (Å²) >= 11 is 0. The molecule has 9 nitrogen and oxygen atoms in total. The molecular formula is C38H75N2O7P. The zero-order valence-corrected chi connectivity index (χ0v) is 31.7. The maximum Gasteiger partial charge on any atom is 0.472 e. The van der Waals surface area contributed by atoms with Gasteiger partial charge in [-0.25, -0.2) is 4.57 Å². The first-order valence-electron chi connectivity index (χ1n) is 19.5. The van der Waals surface area contributed by atoms with Crippen LogP contribution >= 0.6 is 7.82 Å². The third kappa shape index (κ3) is 32.2. The fraction of sp³-hybridized carbons (Fsp3) is 0.868. The number of amides is 1. The van der Waals surface area contributed by atoms with Crippen molar-refractivity contribution in [1.82, 2.24) is 5.32 Å². The van der Waals surface area contributed by atoms with Crippen molar-refractivity contribution in [2.24, 2.45) is 5.73 Å². The second-order valence-corrected chi connectivity index (χ2v) is 14.8. The maximum absolute atomic E-state index is 12.7. The molecule has 0 spiro atoms. The number of allylic oxidation sites excluding steroid dienone is 3. The van der Waals surface area contributed by atoms with Crippen molar-refractivity contribution in [3.05, 3.63) is 24.3 Å². The molecule has 0 saturated carbocycles. The Balaban J connectivity index is 4.43. The van der Waals surface area contributed by atoms with E-state index in [9.17, 15) is 24.5 Å². The molecule has 4 unspecified atom stereocenters. The zero-order chi connectivity index (χ0) is 35.6. The van der Waals surface area contributed by atoms with E-state index in [1.54, 1.807) is 6.08 Å². The highest BCUT2D eigenvalue weighted by Gasteiger charge is 2.27. The molecule has 0 saturated heterocycles. The Labute approximate surface area is 294 Å². The van der Waals surface area contributed by atoms with Crippen molar-refractivity contribution in [1.29, 1.82) is 0 Å². The first-order chi connectivity index (χ1) is 23.3. The van der Waals surface area contributed by atoms with Gasteiger partial charge in [-0.15, -0.1) is 0 Å². The third-order valence-corrected chi connectivity index (χ3v) is 9.57. The van der Waals surface area contributed by atoms with Crippen LogP contribution in [0.5, 0.6) is 0 Å². The number of hydrogen-bond acceptors (Lipinski definition) is 7. The Morgan fingerprint density at radius 3 is 1.73 bits per heavy atom. The van der Waals surface area contributed by atoms with E-state index < -0.39 is 38.6 Å². The number of unbranched alkanes of at least 4 members (excludes halogenated alkanes) is 20. The summed E-state index contributed by atoms with van der Waals surface area (Å²) in [5, 5.41) is 23.9. The van der Waals surface area contributed by atoms with Gasteiger partial charge in [0.05, 0.1) is 37.9 Å². The molecule has 0 aliphatic carbocycles. The number of aliphatic hydroxyl groups excluding tert-OH is 2. The van der Waals surface area contributed by atoms with Crippen LogP contribution in [-0.2, 0) is 18.4 Å². The molecule has 0 fully saturated rings. The summed E-state index contributed by atoms with van der Waals surface area (Å²) < 4.78 is 22.0. The number of phosphoric acid groups is 1. The minimum atomic E-state index is -4.40. The van der Waals surface area contributed by atoms with Crippen molar-refractivity contribution in [3.8, 4) is 0 Å². The van der Waals surface area contributed by atoms with Crippen LogP contribution in [0.3, 0.4) is 0 Å². The summed E-state index contributed by atoms with van der Waals surface area (Å²) in [6.45, 7) is 3.92. The highest BCUT2D eigenvalue weighted by Crippen LogP contribution is 2.43. The largest absolute Gasteiger partial charge is 0.472 e. The lowest BCUT2D eigenvalue weighted by Gasteiger charge is -2.24. The van der Waals surface area contributed by atoms with E-state index in [2.05, 4.69) is 31.3 Å². The van der Waals surface area contributed by atoms with Crippen molar-refractivity contribution >= 4 is 13.7 Å². The summed E-state index contributed by atoms with van der Waals surface area (Å²) in [6, 6.07) is -0.993. The van der Waals surface area contributed by atoms with E-state index in [0.717, 1.165) is 32.1 Å². The van der Waals surface area contributed by atoms with Crippen LogP contribution in [0.1, 0.15) is 174 Å². The molecule has 4 atom stereocenters. The van der Waals surface area contributed by atoms with Crippen molar-refractivity contribution < 1.29 is 33.5 Å². The quantitative estimate of drug-likeness (QED) is 0.0246. The van der Waals surface area contributed by atoms with Crippen LogP contribution in [0.4, 0.5) is 0 Å². The number of hydrogen-bond donors (Lipinski definition) is 5. The molecule has 0 bridgehead atoms. The molecule has 10 heteroatoms. The number of nitrogens with one attached hydrogen (secondary N) is 1. The molecule has 0 aromatic heterocycles. The molecule has 0 rings (SSSR count). The lowest BCUT2D eigenvalue weighted by molar-refractivity contribution is -0.124. The monoisotopic (exact) mass is 703 g/mol. The standard InChI is InChI=1S/C38H75N2O7P/c1-3-5-7-9-11-13-15-17-18-19-21-23-25-27-29-35(41)33-38(43)40-36(34-47-48(44,45)46-32-31-39)37(42)30-28-26-24-22-20-16-14-12-10-8-6-4-2/h20,22,28,30,35-37,41-42H,3-19,21,23-27,29,31-34,39H2,1-2H3,(H,40,43)(H,44,45)/b22-20+,30-28+. The smallest absolute Gasteiger partial charge is 0.393 e. The van der Waals surface area contributed by atoms with Crippen molar-refractivity contribution in [2.45, 2.75) is 193 Å². The van der Waals surface area contributed by atoms with Gasteiger partial charge in [0.15, 0.2) is 0 Å². The Morgan fingerprint density at radius 2 is 1.19 bits per heavy atom. The summed E-state index contributed by atoms with van der Waals surface area (Å²) in [6.07, 6.45) is 34.1. The van der Waals surface area contributed by atoms with Gasteiger partial charge in [0.2, 0.25) is 5.91 Å². The number of rotatable bonds is 36.